The van der Waals surface area contributed by atoms with Crippen LogP contribution in [0, 0.1) is 24.2 Å². The summed E-state index contributed by atoms with van der Waals surface area (Å²) < 4.78 is 32.3. The number of carbonyl (C=O) groups is 1. The number of halogens is 3. The average molecular weight is 419 g/mol. The van der Waals surface area contributed by atoms with E-state index in [-0.39, 0.29) is 18.5 Å². The fourth-order valence-corrected chi connectivity index (χ4v) is 3.89. The summed E-state index contributed by atoms with van der Waals surface area (Å²) in [7, 11) is 0. The molecule has 0 unspecified atom stereocenters. The first-order chi connectivity index (χ1) is 13.5. The van der Waals surface area contributed by atoms with Crippen molar-refractivity contribution in [3.8, 4) is 11.1 Å². The van der Waals surface area contributed by atoms with Gasteiger partial charge in [0.05, 0.1) is 11.0 Å². The molecule has 2 aromatic carbocycles. The molecule has 2 atom stereocenters. The second kappa shape index (κ2) is 7.91. The van der Waals surface area contributed by atoms with Gasteiger partial charge >= 0.3 is 5.97 Å². The van der Waals surface area contributed by atoms with Crippen molar-refractivity contribution in [1.82, 2.24) is 0 Å². The molecule has 0 N–H and O–H groups in total. The molecule has 0 spiro atoms. The molecule has 2 aromatic rings. The summed E-state index contributed by atoms with van der Waals surface area (Å²) in [5, 5.41) is -0.530. The molecular formula is C24H25ClF2O2. The molecule has 0 aromatic heterocycles. The van der Waals surface area contributed by atoms with Gasteiger partial charge in [0.2, 0.25) is 0 Å². The summed E-state index contributed by atoms with van der Waals surface area (Å²) in [6, 6.07) is 15.9. The van der Waals surface area contributed by atoms with Crippen molar-refractivity contribution in [2.24, 2.45) is 17.3 Å². The number of alkyl halides is 2. The van der Waals surface area contributed by atoms with Gasteiger partial charge in [-0.2, -0.15) is 0 Å². The predicted octanol–water partition coefficient (Wildman–Crippen LogP) is 6.76. The van der Waals surface area contributed by atoms with Crippen molar-refractivity contribution in [3.63, 3.8) is 0 Å². The normalized spacial score (nSPS) is 21.0. The molecule has 1 aliphatic rings. The van der Waals surface area contributed by atoms with Crippen LogP contribution in [-0.2, 0) is 16.1 Å². The molecule has 1 aliphatic carbocycles. The van der Waals surface area contributed by atoms with Gasteiger partial charge in [-0.25, -0.2) is 8.78 Å². The van der Waals surface area contributed by atoms with Crippen molar-refractivity contribution in [2.45, 2.75) is 40.2 Å². The second-order valence-electron chi connectivity index (χ2n) is 8.29. The minimum atomic E-state index is -3.11. The minimum Gasteiger partial charge on any atom is -0.461 e. The number of esters is 1. The lowest BCUT2D eigenvalue weighted by molar-refractivity contribution is -0.147. The highest BCUT2D eigenvalue weighted by Crippen LogP contribution is 2.60. The molecule has 0 bridgehead atoms. The maximum Gasteiger partial charge on any atom is 0.310 e. The maximum atomic E-state index is 13.4. The molecule has 154 valence electrons. The SMILES string of the molecule is Cc1c(COC(=O)[C@@H]2[C@H](C=C(Cl)C(C)(F)F)C2(C)C)cccc1-c1ccccc1. The Morgan fingerprint density at radius 2 is 1.83 bits per heavy atom. The van der Waals surface area contributed by atoms with Crippen LogP contribution in [0.15, 0.2) is 59.6 Å². The third-order valence-corrected chi connectivity index (χ3v) is 6.27. The number of rotatable bonds is 6. The zero-order chi connectivity index (χ0) is 21.4. The highest BCUT2D eigenvalue weighted by atomic mass is 35.5. The average Bonchev–Trinajstić information content (AvgIpc) is 3.20. The quantitative estimate of drug-likeness (QED) is 0.484. The highest BCUT2D eigenvalue weighted by Gasteiger charge is 2.62. The number of hydrogen-bond acceptors (Lipinski definition) is 2. The van der Waals surface area contributed by atoms with Gasteiger partial charge in [-0.3, -0.25) is 4.79 Å². The van der Waals surface area contributed by atoms with Crippen LogP contribution in [-0.4, -0.2) is 11.9 Å². The Bertz CT molecular complexity index is 930. The molecule has 3 rings (SSSR count). The van der Waals surface area contributed by atoms with Gasteiger partial charge in [0.25, 0.3) is 5.92 Å². The van der Waals surface area contributed by atoms with E-state index in [1.54, 1.807) is 0 Å². The second-order valence-corrected chi connectivity index (χ2v) is 8.70. The Kier molecular flexibility index (Phi) is 5.86. The Hall–Kier alpha value is -2.20. The third-order valence-electron chi connectivity index (χ3n) is 5.81. The molecule has 0 radical (unpaired) electrons. The first-order valence-electron chi connectivity index (χ1n) is 9.59. The van der Waals surface area contributed by atoms with E-state index in [0.29, 0.717) is 0 Å². The third kappa shape index (κ3) is 4.53. The van der Waals surface area contributed by atoms with E-state index < -0.39 is 22.3 Å². The minimum absolute atomic E-state index is 0.145. The van der Waals surface area contributed by atoms with Gasteiger partial charge in [-0.15, -0.1) is 0 Å². The Morgan fingerprint density at radius 3 is 2.45 bits per heavy atom. The van der Waals surface area contributed by atoms with Crippen LogP contribution in [0.25, 0.3) is 11.1 Å². The highest BCUT2D eigenvalue weighted by molar-refractivity contribution is 6.30. The maximum absolute atomic E-state index is 13.4. The molecule has 29 heavy (non-hydrogen) atoms. The molecule has 5 heteroatoms. The van der Waals surface area contributed by atoms with Crippen molar-refractivity contribution < 1.29 is 18.3 Å². The summed E-state index contributed by atoms with van der Waals surface area (Å²) in [5.74, 6) is -4.32. The number of carbonyl (C=O) groups excluding carboxylic acids is 1. The van der Waals surface area contributed by atoms with E-state index in [1.807, 2.05) is 69.3 Å². The largest absolute Gasteiger partial charge is 0.461 e. The van der Waals surface area contributed by atoms with Gasteiger partial charge in [0.1, 0.15) is 6.61 Å². The molecule has 1 fully saturated rings. The fraction of sp³-hybridized carbons (Fsp3) is 0.375. The lowest BCUT2D eigenvalue weighted by atomic mass is 9.97. The number of hydrogen-bond donors (Lipinski definition) is 0. The summed E-state index contributed by atoms with van der Waals surface area (Å²) in [5.41, 5.74) is 3.70. The summed E-state index contributed by atoms with van der Waals surface area (Å²) in [6.45, 7) is 6.61. The summed E-state index contributed by atoms with van der Waals surface area (Å²) >= 11 is 5.72. The molecule has 0 saturated heterocycles. The van der Waals surface area contributed by atoms with Gasteiger partial charge < -0.3 is 4.74 Å². The van der Waals surface area contributed by atoms with E-state index in [1.165, 1.54) is 6.08 Å². The van der Waals surface area contributed by atoms with Gasteiger partial charge in [-0.1, -0.05) is 80.1 Å². The first-order valence-corrected chi connectivity index (χ1v) is 9.97. The zero-order valence-electron chi connectivity index (χ0n) is 17.0. The molecule has 0 amide bonds. The molecular weight excluding hydrogens is 394 g/mol. The van der Waals surface area contributed by atoms with Crippen LogP contribution in [0.4, 0.5) is 8.78 Å². The lowest BCUT2D eigenvalue weighted by Crippen LogP contribution is -2.12. The van der Waals surface area contributed by atoms with E-state index in [0.717, 1.165) is 29.2 Å². The molecule has 0 heterocycles. The fourth-order valence-electron chi connectivity index (χ4n) is 3.75. The number of benzene rings is 2. The van der Waals surface area contributed by atoms with Crippen LogP contribution in [0.3, 0.4) is 0 Å². The monoisotopic (exact) mass is 418 g/mol. The van der Waals surface area contributed by atoms with Crippen LogP contribution in [0.1, 0.15) is 31.9 Å². The zero-order valence-corrected chi connectivity index (χ0v) is 17.8. The van der Waals surface area contributed by atoms with Crippen molar-refractivity contribution in [2.75, 3.05) is 0 Å². The molecule has 1 saturated carbocycles. The van der Waals surface area contributed by atoms with Crippen LogP contribution in [0.5, 0.6) is 0 Å². The smallest absolute Gasteiger partial charge is 0.310 e. The number of allylic oxidation sites excluding steroid dienone is 2. The van der Waals surface area contributed by atoms with Gasteiger partial charge in [-0.05, 0) is 40.5 Å². The Balaban J connectivity index is 1.70. The Labute approximate surface area is 175 Å². The van der Waals surface area contributed by atoms with E-state index in [2.05, 4.69) is 0 Å². The topological polar surface area (TPSA) is 26.3 Å². The summed E-state index contributed by atoms with van der Waals surface area (Å²) in [6.07, 6.45) is 1.30. The van der Waals surface area contributed by atoms with E-state index in [9.17, 15) is 13.6 Å². The van der Waals surface area contributed by atoms with E-state index in [4.69, 9.17) is 16.3 Å². The van der Waals surface area contributed by atoms with Crippen LogP contribution < -0.4 is 0 Å². The van der Waals surface area contributed by atoms with E-state index >= 15 is 0 Å². The summed E-state index contributed by atoms with van der Waals surface area (Å²) in [4.78, 5) is 12.6. The van der Waals surface area contributed by atoms with Gasteiger partial charge in [0, 0.05) is 6.92 Å². The van der Waals surface area contributed by atoms with Gasteiger partial charge in [0.15, 0.2) is 0 Å². The molecule has 0 aliphatic heterocycles. The Morgan fingerprint density at radius 1 is 1.17 bits per heavy atom. The van der Waals surface area contributed by atoms with Crippen molar-refractivity contribution >= 4 is 17.6 Å². The molecule has 2 nitrogen and oxygen atoms in total. The van der Waals surface area contributed by atoms with Crippen LogP contribution >= 0.6 is 11.6 Å². The van der Waals surface area contributed by atoms with Crippen molar-refractivity contribution in [1.29, 1.82) is 0 Å². The van der Waals surface area contributed by atoms with Crippen LogP contribution in [0.2, 0.25) is 0 Å². The standard InChI is InChI=1S/C24H25ClF2O2/c1-15-17(11-8-12-18(15)16-9-6-5-7-10-16)14-29-22(28)21-19(23(21,2)3)13-20(25)24(4,26)27/h5-13,19,21H,14H2,1-4H3/t19-,21-/m0/s1. The lowest BCUT2D eigenvalue weighted by Gasteiger charge is -2.12. The first kappa shape index (κ1) is 21.5. The predicted molar refractivity (Wildman–Crippen MR) is 112 cm³/mol. The number of ether oxygens (including phenoxy) is 1. The van der Waals surface area contributed by atoms with Crippen molar-refractivity contribution in [3.05, 3.63) is 70.8 Å².